The van der Waals surface area contributed by atoms with Gasteiger partial charge in [-0.3, -0.25) is 4.79 Å². The highest BCUT2D eigenvalue weighted by Crippen LogP contribution is 2.24. The predicted octanol–water partition coefficient (Wildman–Crippen LogP) is 1.27. The predicted molar refractivity (Wildman–Crippen MR) is 80.1 cm³/mol. The maximum Gasteiger partial charge on any atom is 0.315 e. The topological polar surface area (TPSA) is 81.7 Å². The SMILES string of the molecule is CN1CCCC(CNC(=O)NC2CCC(C(=O)O)CC2)C1. The lowest BCUT2D eigenvalue weighted by molar-refractivity contribution is -0.142. The molecule has 1 atom stereocenters. The van der Waals surface area contributed by atoms with Crippen molar-refractivity contribution in [3.05, 3.63) is 0 Å². The Kier molecular flexibility index (Phi) is 5.85. The van der Waals surface area contributed by atoms with Gasteiger partial charge in [0.2, 0.25) is 0 Å². The zero-order valence-corrected chi connectivity index (χ0v) is 12.8. The fourth-order valence-electron chi connectivity index (χ4n) is 3.40. The van der Waals surface area contributed by atoms with Gasteiger partial charge in [-0.1, -0.05) is 0 Å². The van der Waals surface area contributed by atoms with Gasteiger partial charge in [0.1, 0.15) is 0 Å². The number of carbonyl (C=O) groups is 2. The molecule has 21 heavy (non-hydrogen) atoms. The van der Waals surface area contributed by atoms with Crippen molar-refractivity contribution in [2.24, 2.45) is 11.8 Å². The number of amides is 2. The van der Waals surface area contributed by atoms with Crippen LogP contribution in [0.4, 0.5) is 4.79 Å². The smallest absolute Gasteiger partial charge is 0.315 e. The van der Waals surface area contributed by atoms with Gasteiger partial charge in [0.25, 0.3) is 0 Å². The molecule has 6 heteroatoms. The molecule has 6 nitrogen and oxygen atoms in total. The van der Waals surface area contributed by atoms with Crippen LogP contribution in [0.1, 0.15) is 38.5 Å². The maximum atomic E-state index is 11.9. The van der Waals surface area contributed by atoms with Crippen LogP contribution >= 0.6 is 0 Å². The summed E-state index contributed by atoms with van der Waals surface area (Å²) in [7, 11) is 2.12. The lowest BCUT2D eigenvalue weighted by atomic mass is 9.86. The molecular weight excluding hydrogens is 270 g/mol. The first-order valence-corrected chi connectivity index (χ1v) is 8.00. The summed E-state index contributed by atoms with van der Waals surface area (Å²) < 4.78 is 0. The summed E-state index contributed by atoms with van der Waals surface area (Å²) in [4.78, 5) is 25.1. The molecule has 1 heterocycles. The number of hydrogen-bond acceptors (Lipinski definition) is 3. The Labute approximate surface area is 126 Å². The van der Waals surface area contributed by atoms with E-state index < -0.39 is 5.97 Å². The van der Waals surface area contributed by atoms with Crippen LogP contribution in [0.15, 0.2) is 0 Å². The van der Waals surface area contributed by atoms with E-state index >= 15 is 0 Å². The molecule has 1 aliphatic carbocycles. The molecule has 2 aliphatic rings. The minimum Gasteiger partial charge on any atom is -0.481 e. The Morgan fingerprint density at radius 3 is 2.52 bits per heavy atom. The van der Waals surface area contributed by atoms with Gasteiger partial charge in [-0.05, 0) is 58.0 Å². The van der Waals surface area contributed by atoms with E-state index in [9.17, 15) is 9.59 Å². The number of aliphatic carboxylic acids is 1. The van der Waals surface area contributed by atoms with Gasteiger partial charge >= 0.3 is 12.0 Å². The van der Waals surface area contributed by atoms with Crippen LogP contribution in [0.3, 0.4) is 0 Å². The summed E-state index contributed by atoms with van der Waals surface area (Å²) in [5.74, 6) is -0.402. The van der Waals surface area contributed by atoms with E-state index in [4.69, 9.17) is 5.11 Å². The molecule has 2 rings (SSSR count). The maximum absolute atomic E-state index is 11.9. The monoisotopic (exact) mass is 297 g/mol. The van der Waals surface area contributed by atoms with Gasteiger partial charge in [-0.2, -0.15) is 0 Å². The van der Waals surface area contributed by atoms with Crippen LogP contribution in [-0.4, -0.2) is 54.7 Å². The summed E-state index contributed by atoms with van der Waals surface area (Å²) in [5, 5.41) is 14.9. The van der Waals surface area contributed by atoms with Gasteiger partial charge in [-0.15, -0.1) is 0 Å². The highest BCUT2D eigenvalue weighted by atomic mass is 16.4. The normalized spacial score (nSPS) is 30.6. The van der Waals surface area contributed by atoms with Gasteiger partial charge in [-0.25, -0.2) is 4.79 Å². The molecule has 0 bridgehead atoms. The first-order chi connectivity index (χ1) is 10.0. The van der Waals surface area contributed by atoms with E-state index in [0.29, 0.717) is 18.8 Å². The molecule has 0 radical (unpaired) electrons. The number of hydrogen-bond donors (Lipinski definition) is 3. The van der Waals surface area contributed by atoms with E-state index in [0.717, 1.165) is 32.5 Å². The molecule has 0 aromatic heterocycles. The van der Waals surface area contributed by atoms with Crippen molar-refractivity contribution in [1.29, 1.82) is 0 Å². The summed E-state index contributed by atoms with van der Waals surface area (Å²) in [5.41, 5.74) is 0. The van der Waals surface area contributed by atoms with Crippen molar-refractivity contribution in [1.82, 2.24) is 15.5 Å². The molecular formula is C15H27N3O3. The van der Waals surface area contributed by atoms with E-state index in [2.05, 4.69) is 22.6 Å². The number of nitrogens with one attached hydrogen (secondary N) is 2. The summed E-state index contributed by atoms with van der Waals surface area (Å²) in [6, 6.07) is 0.0108. The van der Waals surface area contributed by atoms with Gasteiger partial charge in [0, 0.05) is 19.1 Å². The van der Waals surface area contributed by atoms with E-state index in [1.807, 2.05) is 0 Å². The van der Waals surface area contributed by atoms with E-state index in [1.165, 1.54) is 12.8 Å². The van der Waals surface area contributed by atoms with Crippen LogP contribution in [-0.2, 0) is 4.79 Å². The lowest BCUT2D eigenvalue weighted by Crippen LogP contribution is -2.47. The van der Waals surface area contributed by atoms with Gasteiger partial charge < -0.3 is 20.6 Å². The third-order valence-electron chi connectivity index (χ3n) is 4.69. The molecule has 2 fully saturated rings. The van der Waals surface area contributed by atoms with Gasteiger partial charge in [0.15, 0.2) is 0 Å². The zero-order valence-electron chi connectivity index (χ0n) is 12.8. The average molecular weight is 297 g/mol. The second-order valence-electron chi connectivity index (χ2n) is 6.51. The fraction of sp³-hybridized carbons (Fsp3) is 0.867. The minimum absolute atomic E-state index is 0.109. The fourth-order valence-corrected chi connectivity index (χ4v) is 3.40. The molecule has 3 N–H and O–H groups in total. The molecule has 120 valence electrons. The first-order valence-electron chi connectivity index (χ1n) is 8.00. The van der Waals surface area contributed by atoms with Crippen LogP contribution in [0.5, 0.6) is 0 Å². The summed E-state index contributed by atoms with van der Waals surface area (Å²) >= 11 is 0. The number of carboxylic acids is 1. The average Bonchev–Trinajstić information content (AvgIpc) is 2.46. The number of likely N-dealkylation sites (tertiary alicyclic amines) is 1. The van der Waals surface area contributed by atoms with E-state index in [1.54, 1.807) is 0 Å². The van der Waals surface area contributed by atoms with E-state index in [-0.39, 0.29) is 18.0 Å². The van der Waals surface area contributed by atoms with Crippen LogP contribution in [0.2, 0.25) is 0 Å². The summed E-state index contributed by atoms with van der Waals surface area (Å²) in [6.45, 7) is 2.92. The standard InChI is InChI=1S/C15H27N3O3/c1-18-8-2-3-11(10-18)9-16-15(21)17-13-6-4-12(5-7-13)14(19)20/h11-13H,2-10H2,1H3,(H,19,20)(H2,16,17,21). The van der Waals surface area contributed by atoms with Crippen molar-refractivity contribution >= 4 is 12.0 Å². The molecule has 0 spiro atoms. The number of carbonyl (C=O) groups excluding carboxylic acids is 1. The Bertz CT molecular complexity index is 367. The molecule has 2 amide bonds. The molecule has 1 saturated heterocycles. The van der Waals surface area contributed by atoms with Crippen molar-refractivity contribution in [2.75, 3.05) is 26.7 Å². The Hall–Kier alpha value is -1.30. The molecule has 1 unspecified atom stereocenters. The highest BCUT2D eigenvalue weighted by molar-refractivity contribution is 5.74. The lowest BCUT2D eigenvalue weighted by Gasteiger charge is -2.30. The molecule has 0 aromatic rings. The number of nitrogens with zero attached hydrogens (tertiary/aromatic N) is 1. The number of carboxylic acid groups (broad SMARTS) is 1. The second-order valence-corrected chi connectivity index (χ2v) is 6.51. The van der Waals surface area contributed by atoms with Crippen LogP contribution in [0, 0.1) is 11.8 Å². The summed E-state index contributed by atoms with van der Waals surface area (Å²) in [6.07, 6.45) is 5.21. The van der Waals surface area contributed by atoms with Crippen molar-refractivity contribution < 1.29 is 14.7 Å². The van der Waals surface area contributed by atoms with Crippen LogP contribution in [0.25, 0.3) is 0 Å². The number of rotatable bonds is 4. The minimum atomic E-state index is -0.709. The van der Waals surface area contributed by atoms with Gasteiger partial charge in [0.05, 0.1) is 5.92 Å². The molecule has 1 aliphatic heterocycles. The largest absolute Gasteiger partial charge is 0.481 e. The highest BCUT2D eigenvalue weighted by Gasteiger charge is 2.26. The zero-order chi connectivity index (χ0) is 15.2. The number of urea groups is 1. The van der Waals surface area contributed by atoms with Crippen LogP contribution < -0.4 is 10.6 Å². The third kappa shape index (κ3) is 5.19. The van der Waals surface area contributed by atoms with Crippen molar-refractivity contribution in [2.45, 2.75) is 44.6 Å². The first kappa shape index (κ1) is 16.1. The Morgan fingerprint density at radius 1 is 1.19 bits per heavy atom. The molecule has 0 aromatic carbocycles. The van der Waals surface area contributed by atoms with Crippen molar-refractivity contribution in [3.63, 3.8) is 0 Å². The second kappa shape index (κ2) is 7.64. The Balaban J connectivity index is 1.62. The third-order valence-corrected chi connectivity index (χ3v) is 4.69. The number of piperidine rings is 1. The quantitative estimate of drug-likeness (QED) is 0.730. The Morgan fingerprint density at radius 2 is 1.90 bits per heavy atom. The molecule has 1 saturated carbocycles. The van der Waals surface area contributed by atoms with Crippen molar-refractivity contribution in [3.8, 4) is 0 Å².